The van der Waals surface area contributed by atoms with Crippen molar-refractivity contribution in [3.8, 4) is 5.75 Å². The molecule has 2 aliphatic heterocycles. The zero-order valence-corrected chi connectivity index (χ0v) is 18.0. The fraction of sp³-hybridized carbons (Fsp3) is 0.364. The maximum absolute atomic E-state index is 12.8. The molecular formula is C22H23N5O3S. The molecule has 1 saturated heterocycles. The van der Waals surface area contributed by atoms with Gasteiger partial charge in [-0.05, 0) is 31.2 Å². The number of piperazine rings is 1. The number of amides is 2. The largest absolute Gasteiger partial charge is 0.479 e. The van der Waals surface area contributed by atoms with Crippen molar-refractivity contribution >= 4 is 44.3 Å². The summed E-state index contributed by atoms with van der Waals surface area (Å²) in [5, 5.41) is 0.949. The van der Waals surface area contributed by atoms with Crippen LogP contribution in [0.4, 0.5) is 10.8 Å². The van der Waals surface area contributed by atoms with E-state index in [1.807, 2.05) is 41.3 Å². The molecule has 4 heterocycles. The number of carbonyl (C=O) groups is 2. The number of hydrogen-bond acceptors (Lipinski definition) is 7. The number of anilines is 2. The van der Waals surface area contributed by atoms with Gasteiger partial charge in [0, 0.05) is 45.3 Å². The summed E-state index contributed by atoms with van der Waals surface area (Å²) in [4.78, 5) is 41.2. The predicted molar refractivity (Wildman–Crippen MR) is 120 cm³/mol. The first kappa shape index (κ1) is 19.7. The highest BCUT2D eigenvalue weighted by Gasteiger charge is 2.32. The molecule has 2 amide bonds. The van der Waals surface area contributed by atoms with Gasteiger partial charge >= 0.3 is 0 Å². The van der Waals surface area contributed by atoms with E-state index in [9.17, 15) is 9.59 Å². The van der Waals surface area contributed by atoms with E-state index in [2.05, 4.69) is 14.9 Å². The molecule has 31 heavy (non-hydrogen) atoms. The van der Waals surface area contributed by atoms with Crippen LogP contribution in [0, 0.1) is 0 Å². The quantitative estimate of drug-likeness (QED) is 0.624. The monoisotopic (exact) mass is 437 g/mol. The van der Waals surface area contributed by atoms with Crippen molar-refractivity contribution in [2.24, 2.45) is 0 Å². The summed E-state index contributed by atoms with van der Waals surface area (Å²) in [6.45, 7) is 4.86. The Morgan fingerprint density at radius 1 is 1.16 bits per heavy atom. The second-order valence-electron chi connectivity index (χ2n) is 7.66. The molecule has 2 aliphatic rings. The van der Waals surface area contributed by atoms with Crippen LogP contribution in [-0.2, 0) is 9.59 Å². The van der Waals surface area contributed by atoms with Crippen LogP contribution in [0.1, 0.15) is 13.3 Å². The summed E-state index contributed by atoms with van der Waals surface area (Å²) in [5.41, 5.74) is 1.64. The third kappa shape index (κ3) is 3.81. The number of rotatable bonds is 4. The van der Waals surface area contributed by atoms with Crippen LogP contribution in [-0.4, -0.2) is 65.5 Å². The van der Waals surface area contributed by atoms with Crippen molar-refractivity contribution < 1.29 is 14.3 Å². The molecule has 3 aromatic rings. The maximum Gasteiger partial charge on any atom is 0.267 e. The van der Waals surface area contributed by atoms with E-state index in [1.165, 1.54) is 0 Å². The van der Waals surface area contributed by atoms with Gasteiger partial charge in [-0.2, -0.15) is 0 Å². The molecule has 1 fully saturated rings. The second-order valence-corrected chi connectivity index (χ2v) is 8.62. The molecular weight excluding hydrogens is 414 g/mol. The van der Waals surface area contributed by atoms with E-state index in [0.29, 0.717) is 25.4 Å². The third-order valence-corrected chi connectivity index (χ3v) is 6.72. The van der Waals surface area contributed by atoms with Gasteiger partial charge < -0.3 is 19.4 Å². The average Bonchev–Trinajstić information content (AvgIpc) is 3.24. The number of hydrogen-bond donors (Lipinski definition) is 0. The fourth-order valence-electron chi connectivity index (χ4n) is 4.00. The van der Waals surface area contributed by atoms with Crippen LogP contribution in [0.3, 0.4) is 0 Å². The Labute approximate surface area is 184 Å². The van der Waals surface area contributed by atoms with Gasteiger partial charge in [-0.1, -0.05) is 23.5 Å². The minimum absolute atomic E-state index is 0.0649. The molecule has 8 nitrogen and oxygen atoms in total. The summed E-state index contributed by atoms with van der Waals surface area (Å²) in [6, 6.07) is 11.3. The lowest BCUT2D eigenvalue weighted by Crippen LogP contribution is -2.50. The Morgan fingerprint density at radius 2 is 1.97 bits per heavy atom. The lowest BCUT2D eigenvalue weighted by Gasteiger charge is -2.36. The number of pyridine rings is 1. The lowest BCUT2D eigenvalue weighted by atomic mass is 10.1. The molecule has 1 aromatic carbocycles. The first-order valence-corrected chi connectivity index (χ1v) is 11.2. The van der Waals surface area contributed by atoms with E-state index < -0.39 is 6.10 Å². The molecule has 2 aromatic heterocycles. The molecule has 0 radical (unpaired) electrons. The molecule has 0 saturated carbocycles. The number of thiazole rings is 1. The van der Waals surface area contributed by atoms with Crippen molar-refractivity contribution in [3.63, 3.8) is 0 Å². The first-order chi connectivity index (χ1) is 15.1. The minimum atomic E-state index is -0.545. The van der Waals surface area contributed by atoms with E-state index in [1.54, 1.807) is 29.4 Å². The van der Waals surface area contributed by atoms with Crippen LogP contribution in [0.15, 0.2) is 42.6 Å². The topological polar surface area (TPSA) is 78.9 Å². The van der Waals surface area contributed by atoms with Crippen molar-refractivity contribution in [1.82, 2.24) is 14.9 Å². The van der Waals surface area contributed by atoms with Crippen molar-refractivity contribution in [3.05, 3.63) is 42.6 Å². The zero-order valence-electron chi connectivity index (χ0n) is 17.2. The number of benzene rings is 1. The molecule has 1 unspecified atom stereocenters. The number of ether oxygens (including phenoxy) is 1. The lowest BCUT2D eigenvalue weighted by molar-refractivity contribution is -0.131. The molecule has 1 atom stereocenters. The van der Waals surface area contributed by atoms with Gasteiger partial charge in [0.2, 0.25) is 5.91 Å². The van der Waals surface area contributed by atoms with Crippen LogP contribution < -0.4 is 14.5 Å². The van der Waals surface area contributed by atoms with Crippen LogP contribution >= 0.6 is 11.3 Å². The van der Waals surface area contributed by atoms with Gasteiger partial charge in [-0.25, -0.2) is 9.97 Å². The molecule has 5 rings (SSSR count). The van der Waals surface area contributed by atoms with Gasteiger partial charge in [0.05, 0.1) is 5.69 Å². The summed E-state index contributed by atoms with van der Waals surface area (Å²) in [7, 11) is 0. The van der Waals surface area contributed by atoms with E-state index >= 15 is 0 Å². The zero-order chi connectivity index (χ0) is 21.4. The Hall–Kier alpha value is -3.20. The Balaban J connectivity index is 1.19. The summed E-state index contributed by atoms with van der Waals surface area (Å²) >= 11 is 1.58. The Morgan fingerprint density at radius 3 is 2.77 bits per heavy atom. The normalized spacial score (nSPS) is 18.8. The van der Waals surface area contributed by atoms with Gasteiger partial charge in [0.1, 0.15) is 16.1 Å². The van der Waals surface area contributed by atoms with Gasteiger partial charge in [0.25, 0.3) is 5.91 Å². The van der Waals surface area contributed by atoms with Gasteiger partial charge in [0.15, 0.2) is 11.2 Å². The highest BCUT2D eigenvalue weighted by molar-refractivity contribution is 7.21. The van der Waals surface area contributed by atoms with E-state index in [-0.39, 0.29) is 18.2 Å². The summed E-state index contributed by atoms with van der Waals surface area (Å²) in [5.74, 6) is 0.636. The van der Waals surface area contributed by atoms with Crippen LogP contribution in [0.2, 0.25) is 0 Å². The molecule has 9 heteroatoms. The standard InChI is InChI=1S/C22H23N5O3S/c1-15-21(29)27(17-6-2-3-7-18(17)30-15)10-8-19(28)25-11-13-26(14-12-25)22-24-16-5-4-9-23-20(16)31-22/h2-7,9,15H,8,10-14H2,1H3. The number of para-hydroxylation sites is 2. The van der Waals surface area contributed by atoms with Crippen molar-refractivity contribution in [1.29, 1.82) is 0 Å². The van der Waals surface area contributed by atoms with Gasteiger partial charge in [-0.15, -0.1) is 0 Å². The minimum Gasteiger partial charge on any atom is -0.479 e. The highest BCUT2D eigenvalue weighted by Crippen LogP contribution is 2.33. The molecule has 0 bridgehead atoms. The Kier molecular flexibility index (Phi) is 5.19. The predicted octanol–water partition coefficient (Wildman–Crippen LogP) is 2.54. The third-order valence-electron chi connectivity index (χ3n) is 5.68. The fourth-order valence-corrected chi connectivity index (χ4v) is 4.96. The average molecular weight is 438 g/mol. The smallest absolute Gasteiger partial charge is 0.267 e. The van der Waals surface area contributed by atoms with E-state index in [4.69, 9.17) is 4.74 Å². The summed E-state index contributed by atoms with van der Waals surface area (Å²) in [6.07, 6.45) is 1.52. The van der Waals surface area contributed by atoms with E-state index in [0.717, 1.165) is 34.3 Å². The SMILES string of the molecule is CC1Oc2ccccc2N(CCC(=O)N2CCN(c3nc4cccnc4s3)CC2)C1=O. The number of nitrogens with zero attached hydrogens (tertiary/aromatic N) is 5. The molecule has 0 N–H and O–H groups in total. The number of aromatic nitrogens is 2. The van der Waals surface area contributed by atoms with Gasteiger partial charge in [-0.3, -0.25) is 9.59 Å². The highest BCUT2D eigenvalue weighted by atomic mass is 32.1. The van der Waals surface area contributed by atoms with Crippen molar-refractivity contribution in [2.45, 2.75) is 19.4 Å². The number of carbonyl (C=O) groups excluding carboxylic acids is 2. The number of fused-ring (bicyclic) bond motifs is 2. The van der Waals surface area contributed by atoms with Crippen LogP contribution in [0.25, 0.3) is 10.3 Å². The van der Waals surface area contributed by atoms with Crippen molar-refractivity contribution in [2.75, 3.05) is 42.5 Å². The first-order valence-electron chi connectivity index (χ1n) is 10.4. The Bertz CT molecular complexity index is 1090. The molecule has 0 spiro atoms. The molecule has 160 valence electrons. The van der Waals surface area contributed by atoms with Crippen LogP contribution in [0.5, 0.6) is 5.75 Å². The maximum atomic E-state index is 12.8. The second kappa shape index (κ2) is 8.14. The summed E-state index contributed by atoms with van der Waals surface area (Å²) < 4.78 is 5.67. The molecule has 0 aliphatic carbocycles.